The van der Waals surface area contributed by atoms with Gasteiger partial charge in [-0.15, -0.1) is 0 Å². The Labute approximate surface area is 136 Å². The van der Waals surface area contributed by atoms with Gasteiger partial charge >= 0.3 is 0 Å². The zero-order chi connectivity index (χ0) is 15.9. The fourth-order valence-electron chi connectivity index (χ4n) is 3.10. The number of sulfone groups is 1. The number of rotatable bonds is 2. The van der Waals surface area contributed by atoms with Crippen molar-refractivity contribution in [3.05, 3.63) is 35.5 Å². The Kier molecular flexibility index (Phi) is 4.03. The van der Waals surface area contributed by atoms with Gasteiger partial charge in [-0.3, -0.25) is 4.98 Å². The molecule has 1 aromatic heterocycles. The number of hydrogen-bond acceptors (Lipinski definition) is 4. The molecule has 2 atom stereocenters. The topological polar surface area (TPSA) is 50.3 Å². The van der Waals surface area contributed by atoms with Gasteiger partial charge in [0.25, 0.3) is 0 Å². The molecule has 0 saturated carbocycles. The molecule has 1 saturated heterocycles. The molecule has 2 unspecified atom stereocenters. The number of nitrogens with zero attached hydrogens (tertiary/aromatic N) is 2. The van der Waals surface area contributed by atoms with Crippen LogP contribution in [0.1, 0.15) is 20.3 Å². The highest BCUT2D eigenvalue weighted by Gasteiger charge is 2.37. The van der Waals surface area contributed by atoms with E-state index in [0.29, 0.717) is 24.5 Å². The summed E-state index contributed by atoms with van der Waals surface area (Å²) in [6.07, 6.45) is 2.40. The summed E-state index contributed by atoms with van der Waals surface area (Å²) in [6.45, 7) is 4.75. The van der Waals surface area contributed by atoms with Crippen molar-refractivity contribution in [3.63, 3.8) is 0 Å². The Hall–Kier alpha value is -1.33. The van der Waals surface area contributed by atoms with Crippen LogP contribution in [0.4, 0.5) is 5.69 Å². The number of anilines is 1. The summed E-state index contributed by atoms with van der Waals surface area (Å²) >= 11 is 6.12. The van der Waals surface area contributed by atoms with Crippen LogP contribution in [-0.2, 0) is 9.84 Å². The van der Waals surface area contributed by atoms with Gasteiger partial charge in [0.15, 0.2) is 9.84 Å². The highest BCUT2D eigenvalue weighted by molar-refractivity contribution is 7.92. The van der Waals surface area contributed by atoms with Crippen LogP contribution in [0.3, 0.4) is 0 Å². The molecule has 2 heterocycles. The first-order chi connectivity index (χ1) is 10.4. The van der Waals surface area contributed by atoms with Gasteiger partial charge < -0.3 is 4.90 Å². The summed E-state index contributed by atoms with van der Waals surface area (Å²) in [5.74, 6) is 0. The molecule has 0 radical (unpaired) electrons. The Morgan fingerprint density at radius 1 is 1.32 bits per heavy atom. The molecule has 22 heavy (non-hydrogen) atoms. The molecule has 1 aliphatic rings. The Bertz CT molecular complexity index is 807. The molecule has 0 amide bonds. The van der Waals surface area contributed by atoms with Crippen LogP contribution in [0.2, 0.25) is 5.02 Å². The number of aromatic nitrogens is 1. The van der Waals surface area contributed by atoms with Crippen LogP contribution in [0, 0.1) is 0 Å². The van der Waals surface area contributed by atoms with Crippen LogP contribution in [0.15, 0.2) is 30.5 Å². The summed E-state index contributed by atoms with van der Waals surface area (Å²) < 4.78 is 24.8. The zero-order valence-corrected chi connectivity index (χ0v) is 14.2. The van der Waals surface area contributed by atoms with Crippen molar-refractivity contribution in [1.82, 2.24) is 4.98 Å². The van der Waals surface area contributed by atoms with Gasteiger partial charge in [0.1, 0.15) is 0 Å². The third-order valence-electron chi connectivity index (χ3n) is 4.40. The monoisotopic (exact) mass is 338 g/mol. The van der Waals surface area contributed by atoms with E-state index in [1.807, 2.05) is 31.2 Å². The van der Waals surface area contributed by atoms with Crippen molar-refractivity contribution in [2.45, 2.75) is 30.8 Å². The standard InChI is InChI=1S/C16H19ClN2O2S/c1-3-13-10-19(9-11(2)22(13,20)21)16-6-7-18-15-5-4-12(17)8-14(15)16/h4-8,11,13H,3,9-10H2,1-2H3. The van der Waals surface area contributed by atoms with E-state index < -0.39 is 9.84 Å². The third-order valence-corrected chi connectivity index (χ3v) is 7.32. The summed E-state index contributed by atoms with van der Waals surface area (Å²) in [6, 6.07) is 7.55. The largest absolute Gasteiger partial charge is 0.368 e. The van der Waals surface area contributed by atoms with Crippen LogP contribution in [-0.4, -0.2) is 37.0 Å². The first-order valence-corrected chi connectivity index (χ1v) is 9.44. The zero-order valence-electron chi connectivity index (χ0n) is 12.7. The fraction of sp³-hybridized carbons (Fsp3) is 0.438. The Balaban J connectivity index is 2.07. The lowest BCUT2D eigenvalue weighted by molar-refractivity contribution is 0.538. The predicted octanol–water partition coefficient (Wildman–Crippen LogP) is 3.29. The minimum atomic E-state index is -3.04. The molecule has 1 aromatic carbocycles. The van der Waals surface area contributed by atoms with E-state index in [9.17, 15) is 8.42 Å². The van der Waals surface area contributed by atoms with E-state index in [1.165, 1.54) is 0 Å². The maximum atomic E-state index is 12.4. The van der Waals surface area contributed by atoms with E-state index in [1.54, 1.807) is 13.1 Å². The van der Waals surface area contributed by atoms with Crippen molar-refractivity contribution in [2.24, 2.45) is 0 Å². The number of halogens is 1. The SMILES string of the molecule is CCC1CN(c2ccnc3ccc(Cl)cc23)CC(C)S1(=O)=O. The summed E-state index contributed by atoms with van der Waals surface area (Å²) in [5.41, 5.74) is 1.88. The molecule has 1 aliphatic heterocycles. The normalized spacial score (nSPS) is 24.6. The van der Waals surface area contributed by atoms with E-state index in [4.69, 9.17) is 11.6 Å². The van der Waals surface area contributed by atoms with Gasteiger partial charge in [-0.2, -0.15) is 0 Å². The molecule has 0 N–H and O–H groups in total. The van der Waals surface area contributed by atoms with Gasteiger partial charge in [-0.05, 0) is 37.6 Å². The molecule has 0 aliphatic carbocycles. The molecule has 1 fully saturated rings. The Morgan fingerprint density at radius 2 is 2.09 bits per heavy atom. The molecular formula is C16H19ClN2O2S. The third kappa shape index (κ3) is 2.57. The molecule has 3 rings (SSSR count). The van der Waals surface area contributed by atoms with Gasteiger partial charge in [0.05, 0.1) is 16.0 Å². The molecule has 118 valence electrons. The maximum Gasteiger partial charge on any atom is 0.159 e. The Morgan fingerprint density at radius 3 is 2.82 bits per heavy atom. The molecule has 6 heteroatoms. The van der Waals surface area contributed by atoms with Crippen molar-refractivity contribution in [3.8, 4) is 0 Å². The number of hydrogen-bond donors (Lipinski definition) is 0. The maximum absolute atomic E-state index is 12.4. The van der Waals surface area contributed by atoms with Gasteiger partial charge in [-0.25, -0.2) is 8.42 Å². The quantitative estimate of drug-likeness (QED) is 0.843. The van der Waals surface area contributed by atoms with E-state index >= 15 is 0 Å². The number of benzene rings is 1. The second kappa shape index (κ2) is 5.70. The van der Waals surface area contributed by atoms with E-state index in [2.05, 4.69) is 9.88 Å². The number of fused-ring (bicyclic) bond motifs is 1. The minimum absolute atomic E-state index is 0.321. The van der Waals surface area contributed by atoms with Crippen LogP contribution < -0.4 is 4.90 Å². The predicted molar refractivity (Wildman–Crippen MR) is 91.4 cm³/mol. The smallest absolute Gasteiger partial charge is 0.159 e. The van der Waals surface area contributed by atoms with Gasteiger partial charge in [0.2, 0.25) is 0 Å². The summed E-state index contributed by atoms with van der Waals surface area (Å²) in [7, 11) is -3.04. The molecule has 2 aromatic rings. The molecule has 0 bridgehead atoms. The van der Waals surface area contributed by atoms with Gasteiger partial charge in [0, 0.05) is 35.4 Å². The molecule has 0 spiro atoms. The first kappa shape index (κ1) is 15.6. The van der Waals surface area contributed by atoms with Crippen molar-refractivity contribution >= 4 is 38.0 Å². The van der Waals surface area contributed by atoms with Crippen molar-refractivity contribution in [2.75, 3.05) is 18.0 Å². The lowest BCUT2D eigenvalue weighted by atomic mass is 10.1. The van der Waals surface area contributed by atoms with Crippen LogP contribution >= 0.6 is 11.6 Å². The summed E-state index contributed by atoms with van der Waals surface area (Å²) in [5, 5.41) is 0.940. The summed E-state index contributed by atoms with van der Waals surface area (Å²) in [4.78, 5) is 6.51. The van der Waals surface area contributed by atoms with Crippen LogP contribution in [0.5, 0.6) is 0 Å². The number of pyridine rings is 1. The van der Waals surface area contributed by atoms with Gasteiger partial charge in [-0.1, -0.05) is 18.5 Å². The highest BCUT2D eigenvalue weighted by atomic mass is 35.5. The second-order valence-corrected chi connectivity index (χ2v) is 8.91. The van der Waals surface area contributed by atoms with Crippen molar-refractivity contribution < 1.29 is 8.42 Å². The first-order valence-electron chi connectivity index (χ1n) is 7.45. The van der Waals surface area contributed by atoms with E-state index in [0.717, 1.165) is 16.6 Å². The lowest BCUT2D eigenvalue weighted by Crippen LogP contribution is -2.51. The molecule has 4 nitrogen and oxygen atoms in total. The minimum Gasteiger partial charge on any atom is -0.368 e. The van der Waals surface area contributed by atoms with E-state index in [-0.39, 0.29) is 10.5 Å². The van der Waals surface area contributed by atoms with Crippen LogP contribution in [0.25, 0.3) is 10.9 Å². The molecular weight excluding hydrogens is 320 g/mol. The lowest BCUT2D eigenvalue weighted by Gasteiger charge is -2.37. The highest BCUT2D eigenvalue weighted by Crippen LogP contribution is 2.32. The fourth-order valence-corrected chi connectivity index (χ4v) is 5.17. The van der Waals surface area contributed by atoms with Crippen molar-refractivity contribution in [1.29, 1.82) is 0 Å². The average molecular weight is 339 g/mol. The second-order valence-electron chi connectivity index (χ2n) is 5.83. The average Bonchev–Trinajstić information content (AvgIpc) is 2.49.